The normalized spacial score (nSPS) is 9.71. The molecule has 0 aliphatic heterocycles. The SMILES string of the molecule is COc1ccc(-c2ccnc(C#N)n2)cc1Cl. The van der Waals surface area contributed by atoms with Gasteiger partial charge in [0.05, 0.1) is 17.8 Å². The first-order valence-corrected chi connectivity index (χ1v) is 5.19. The highest BCUT2D eigenvalue weighted by atomic mass is 35.5. The zero-order valence-corrected chi connectivity index (χ0v) is 9.77. The summed E-state index contributed by atoms with van der Waals surface area (Å²) in [6.07, 6.45) is 1.54. The van der Waals surface area contributed by atoms with Crippen LogP contribution in [0.25, 0.3) is 11.3 Å². The van der Waals surface area contributed by atoms with Gasteiger partial charge in [-0.25, -0.2) is 9.97 Å². The molecule has 5 heteroatoms. The van der Waals surface area contributed by atoms with Gasteiger partial charge in [0.15, 0.2) is 0 Å². The van der Waals surface area contributed by atoms with E-state index in [2.05, 4.69) is 9.97 Å². The fraction of sp³-hybridized carbons (Fsp3) is 0.0833. The Labute approximate surface area is 103 Å². The molecule has 0 saturated heterocycles. The molecule has 84 valence electrons. The van der Waals surface area contributed by atoms with Gasteiger partial charge in [-0.3, -0.25) is 0 Å². The number of nitriles is 1. The van der Waals surface area contributed by atoms with E-state index in [1.807, 2.05) is 12.1 Å². The van der Waals surface area contributed by atoms with Crippen LogP contribution < -0.4 is 4.74 Å². The van der Waals surface area contributed by atoms with Crippen molar-refractivity contribution in [2.45, 2.75) is 0 Å². The average Bonchev–Trinajstić information content (AvgIpc) is 2.38. The van der Waals surface area contributed by atoms with Gasteiger partial charge >= 0.3 is 0 Å². The Morgan fingerprint density at radius 1 is 1.35 bits per heavy atom. The molecule has 0 bridgehead atoms. The molecular formula is C12H8ClN3O. The third kappa shape index (κ3) is 2.35. The molecule has 0 fully saturated rings. The second kappa shape index (κ2) is 4.81. The first-order valence-electron chi connectivity index (χ1n) is 4.81. The first-order chi connectivity index (χ1) is 8.24. The van der Waals surface area contributed by atoms with Crippen molar-refractivity contribution < 1.29 is 4.74 Å². The van der Waals surface area contributed by atoms with Crippen molar-refractivity contribution in [3.05, 3.63) is 41.3 Å². The maximum absolute atomic E-state index is 8.72. The average molecular weight is 246 g/mol. The van der Waals surface area contributed by atoms with Crippen LogP contribution in [0.1, 0.15) is 5.82 Å². The van der Waals surface area contributed by atoms with Crippen molar-refractivity contribution in [1.29, 1.82) is 5.26 Å². The van der Waals surface area contributed by atoms with E-state index < -0.39 is 0 Å². The topological polar surface area (TPSA) is 58.8 Å². The summed E-state index contributed by atoms with van der Waals surface area (Å²) >= 11 is 6.02. The second-order valence-corrected chi connectivity index (χ2v) is 3.63. The summed E-state index contributed by atoms with van der Waals surface area (Å²) < 4.78 is 5.06. The largest absolute Gasteiger partial charge is 0.495 e. The lowest BCUT2D eigenvalue weighted by molar-refractivity contribution is 0.415. The number of halogens is 1. The smallest absolute Gasteiger partial charge is 0.232 e. The van der Waals surface area contributed by atoms with E-state index >= 15 is 0 Å². The van der Waals surface area contributed by atoms with Crippen molar-refractivity contribution in [1.82, 2.24) is 9.97 Å². The molecular weight excluding hydrogens is 238 g/mol. The molecule has 2 rings (SSSR count). The second-order valence-electron chi connectivity index (χ2n) is 3.23. The van der Waals surface area contributed by atoms with Crippen molar-refractivity contribution in [3.8, 4) is 23.1 Å². The van der Waals surface area contributed by atoms with Gasteiger partial charge in [-0.2, -0.15) is 5.26 Å². The van der Waals surface area contributed by atoms with Gasteiger partial charge < -0.3 is 4.74 Å². The van der Waals surface area contributed by atoms with Crippen molar-refractivity contribution >= 4 is 11.6 Å². The summed E-state index contributed by atoms with van der Waals surface area (Å²) in [5.74, 6) is 0.736. The molecule has 1 heterocycles. The molecule has 0 atom stereocenters. The van der Waals surface area contributed by atoms with Crippen LogP contribution in [0.2, 0.25) is 5.02 Å². The van der Waals surface area contributed by atoms with Gasteiger partial charge in [0.2, 0.25) is 5.82 Å². The van der Waals surface area contributed by atoms with Crippen LogP contribution in [0.3, 0.4) is 0 Å². The number of rotatable bonds is 2. The minimum atomic E-state index is 0.134. The monoisotopic (exact) mass is 245 g/mol. The summed E-state index contributed by atoms with van der Waals surface area (Å²) in [4.78, 5) is 7.90. The predicted molar refractivity (Wildman–Crippen MR) is 63.7 cm³/mol. The molecule has 0 unspecified atom stereocenters. The van der Waals surface area contributed by atoms with Crippen LogP contribution in [0.4, 0.5) is 0 Å². The van der Waals surface area contributed by atoms with E-state index in [4.69, 9.17) is 21.6 Å². The third-order valence-electron chi connectivity index (χ3n) is 2.20. The minimum Gasteiger partial charge on any atom is -0.495 e. The van der Waals surface area contributed by atoms with E-state index in [0.29, 0.717) is 16.5 Å². The zero-order valence-electron chi connectivity index (χ0n) is 9.01. The Morgan fingerprint density at radius 3 is 2.82 bits per heavy atom. The standard InChI is InChI=1S/C12H8ClN3O/c1-17-11-3-2-8(6-9(11)13)10-4-5-15-12(7-14)16-10/h2-6H,1H3. The highest BCUT2D eigenvalue weighted by Crippen LogP contribution is 2.29. The van der Waals surface area contributed by atoms with Gasteiger partial charge in [0.25, 0.3) is 0 Å². The van der Waals surface area contributed by atoms with Gasteiger partial charge in [0, 0.05) is 11.8 Å². The quantitative estimate of drug-likeness (QED) is 0.816. The first kappa shape index (κ1) is 11.4. The predicted octanol–water partition coefficient (Wildman–Crippen LogP) is 2.68. The number of hydrogen-bond donors (Lipinski definition) is 0. The minimum absolute atomic E-state index is 0.134. The number of benzene rings is 1. The van der Waals surface area contributed by atoms with Crippen LogP contribution >= 0.6 is 11.6 Å². The summed E-state index contributed by atoms with van der Waals surface area (Å²) in [7, 11) is 1.55. The number of methoxy groups -OCH3 is 1. The fourth-order valence-corrected chi connectivity index (χ4v) is 1.66. The molecule has 0 radical (unpaired) electrons. The fourth-order valence-electron chi connectivity index (χ4n) is 1.40. The Bertz CT molecular complexity index is 593. The Morgan fingerprint density at radius 2 is 2.18 bits per heavy atom. The van der Waals surface area contributed by atoms with Crippen LogP contribution in [0.15, 0.2) is 30.5 Å². The molecule has 4 nitrogen and oxygen atoms in total. The third-order valence-corrected chi connectivity index (χ3v) is 2.50. The Kier molecular flexibility index (Phi) is 3.22. The lowest BCUT2D eigenvalue weighted by atomic mass is 10.1. The van der Waals surface area contributed by atoms with E-state index in [9.17, 15) is 0 Å². The van der Waals surface area contributed by atoms with E-state index in [1.54, 1.807) is 31.5 Å². The van der Waals surface area contributed by atoms with Gasteiger partial charge in [-0.05, 0) is 24.3 Å². The number of ether oxygens (including phenoxy) is 1. The lowest BCUT2D eigenvalue weighted by Gasteiger charge is -2.05. The van der Waals surface area contributed by atoms with E-state index in [1.165, 1.54) is 0 Å². The van der Waals surface area contributed by atoms with E-state index in [-0.39, 0.29) is 5.82 Å². The molecule has 1 aromatic heterocycles. The molecule has 2 aromatic rings. The highest BCUT2D eigenvalue weighted by molar-refractivity contribution is 6.32. The Hall–Kier alpha value is -2.12. The molecule has 17 heavy (non-hydrogen) atoms. The van der Waals surface area contributed by atoms with Crippen LogP contribution in [-0.4, -0.2) is 17.1 Å². The summed E-state index contributed by atoms with van der Waals surface area (Å²) in [5, 5.41) is 9.23. The molecule has 0 amide bonds. The van der Waals surface area contributed by atoms with Crippen molar-refractivity contribution in [2.75, 3.05) is 7.11 Å². The molecule has 0 N–H and O–H groups in total. The summed E-state index contributed by atoms with van der Waals surface area (Å²) in [6, 6.07) is 8.94. The maximum atomic E-state index is 8.72. The van der Waals surface area contributed by atoms with Crippen molar-refractivity contribution in [3.63, 3.8) is 0 Å². The van der Waals surface area contributed by atoms with Crippen LogP contribution in [-0.2, 0) is 0 Å². The van der Waals surface area contributed by atoms with Crippen LogP contribution in [0.5, 0.6) is 5.75 Å². The number of hydrogen-bond acceptors (Lipinski definition) is 4. The number of aromatic nitrogens is 2. The van der Waals surface area contributed by atoms with Crippen LogP contribution in [0, 0.1) is 11.3 Å². The van der Waals surface area contributed by atoms with Gasteiger partial charge in [-0.1, -0.05) is 11.6 Å². The van der Waals surface area contributed by atoms with Crippen molar-refractivity contribution in [2.24, 2.45) is 0 Å². The molecule has 1 aromatic carbocycles. The summed E-state index contributed by atoms with van der Waals surface area (Å²) in [5.41, 5.74) is 1.47. The molecule has 0 aliphatic carbocycles. The molecule has 0 aliphatic rings. The zero-order chi connectivity index (χ0) is 12.3. The van der Waals surface area contributed by atoms with E-state index in [0.717, 1.165) is 5.56 Å². The molecule has 0 spiro atoms. The van der Waals surface area contributed by atoms with Gasteiger partial charge in [0.1, 0.15) is 11.8 Å². The Balaban J connectivity index is 2.46. The van der Waals surface area contributed by atoms with Gasteiger partial charge in [-0.15, -0.1) is 0 Å². The highest BCUT2D eigenvalue weighted by Gasteiger charge is 2.05. The summed E-state index contributed by atoms with van der Waals surface area (Å²) in [6.45, 7) is 0. The lowest BCUT2D eigenvalue weighted by Crippen LogP contribution is -1.91. The maximum Gasteiger partial charge on any atom is 0.232 e. The number of nitrogens with zero attached hydrogens (tertiary/aromatic N) is 3. The molecule has 0 saturated carbocycles.